The van der Waals surface area contributed by atoms with Crippen molar-refractivity contribution < 1.29 is 9.47 Å². The van der Waals surface area contributed by atoms with E-state index in [1.807, 2.05) is 24.3 Å². The molecule has 0 amide bonds. The van der Waals surface area contributed by atoms with Gasteiger partial charge in [-0.25, -0.2) is 0 Å². The highest BCUT2D eigenvalue weighted by atomic mass is 32.1. The van der Waals surface area contributed by atoms with Crippen molar-refractivity contribution in [1.29, 1.82) is 0 Å². The maximum absolute atomic E-state index is 5.59. The molecule has 0 spiro atoms. The Morgan fingerprint density at radius 2 is 1.87 bits per heavy atom. The van der Waals surface area contributed by atoms with Crippen LogP contribution in [-0.4, -0.2) is 27.5 Å². The van der Waals surface area contributed by atoms with Crippen LogP contribution in [0.1, 0.15) is 10.0 Å². The second-order valence-corrected chi connectivity index (χ2v) is 5.71. The lowest BCUT2D eigenvalue weighted by Crippen LogP contribution is -1.98. The fourth-order valence-electron chi connectivity index (χ4n) is 1.82. The summed E-state index contributed by atoms with van der Waals surface area (Å²) in [6.45, 7) is 1.11. The van der Waals surface area contributed by atoms with Crippen molar-refractivity contribution in [2.75, 3.05) is 12.4 Å². The predicted octanol–water partition coefficient (Wildman–Crippen LogP) is 2.88. The summed E-state index contributed by atoms with van der Waals surface area (Å²) in [7, 11) is 1.64. The van der Waals surface area contributed by atoms with Crippen molar-refractivity contribution in [3.8, 4) is 11.6 Å². The Labute approximate surface area is 137 Å². The third kappa shape index (κ3) is 4.44. The molecule has 0 radical (unpaired) electrons. The molecule has 0 saturated carbocycles. The number of nitrogens with one attached hydrogen (secondary N) is 1. The minimum absolute atomic E-state index is 0.466. The molecule has 0 fully saturated rings. The van der Waals surface area contributed by atoms with Crippen LogP contribution in [0, 0.1) is 0 Å². The number of aromatic nitrogens is 4. The van der Waals surface area contributed by atoms with Gasteiger partial charge in [0.25, 0.3) is 0 Å². The van der Waals surface area contributed by atoms with Gasteiger partial charge in [-0.3, -0.25) is 0 Å². The number of nitrogens with zero attached hydrogens (tertiary/aromatic N) is 4. The lowest BCUT2D eigenvalue weighted by atomic mass is 10.3. The van der Waals surface area contributed by atoms with Crippen LogP contribution in [0.4, 0.5) is 5.69 Å². The minimum atomic E-state index is 0.466. The third-order valence-electron chi connectivity index (χ3n) is 2.84. The number of methoxy groups -OCH3 is 1. The largest absolute Gasteiger partial charge is 0.438 e. The van der Waals surface area contributed by atoms with E-state index in [0.29, 0.717) is 24.8 Å². The minimum Gasteiger partial charge on any atom is -0.438 e. The summed E-state index contributed by atoms with van der Waals surface area (Å²) in [4.78, 5) is 0. The molecule has 7 nitrogen and oxygen atoms in total. The number of hydrogen-bond donors (Lipinski definition) is 1. The smallest absolute Gasteiger partial charge is 0.238 e. The van der Waals surface area contributed by atoms with Crippen molar-refractivity contribution in [3.63, 3.8) is 0 Å². The fourth-order valence-corrected chi connectivity index (χ4v) is 2.58. The summed E-state index contributed by atoms with van der Waals surface area (Å²) in [6.07, 6.45) is 1.60. The normalized spacial score (nSPS) is 10.5. The zero-order chi connectivity index (χ0) is 15.9. The molecule has 118 valence electrons. The molecular formula is C15H15N5O2S. The molecule has 0 aliphatic rings. The highest BCUT2D eigenvalue weighted by Crippen LogP contribution is 2.21. The molecule has 0 aliphatic carbocycles. The van der Waals surface area contributed by atoms with E-state index in [2.05, 4.69) is 25.7 Å². The van der Waals surface area contributed by atoms with Crippen LogP contribution in [0.15, 0.2) is 42.6 Å². The Balaban J connectivity index is 1.54. The molecule has 1 aromatic carbocycles. The first kappa shape index (κ1) is 15.3. The second kappa shape index (κ2) is 7.61. The summed E-state index contributed by atoms with van der Waals surface area (Å²) >= 11 is 1.53. The van der Waals surface area contributed by atoms with E-state index in [1.165, 1.54) is 11.3 Å². The summed E-state index contributed by atoms with van der Waals surface area (Å²) in [6, 6.07) is 11.1. The van der Waals surface area contributed by atoms with Crippen molar-refractivity contribution in [2.24, 2.45) is 0 Å². The molecule has 0 saturated heterocycles. The predicted molar refractivity (Wildman–Crippen MR) is 86.5 cm³/mol. The molecule has 0 aliphatic heterocycles. The molecule has 8 heteroatoms. The number of ether oxygens (including phenoxy) is 2. The zero-order valence-electron chi connectivity index (χ0n) is 12.5. The Hall–Kier alpha value is -2.58. The molecule has 23 heavy (non-hydrogen) atoms. The molecule has 0 unspecified atom stereocenters. The van der Waals surface area contributed by atoms with Gasteiger partial charge in [-0.15, -0.1) is 15.3 Å². The van der Waals surface area contributed by atoms with Gasteiger partial charge in [0, 0.05) is 25.1 Å². The summed E-state index contributed by atoms with van der Waals surface area (Å²) in [5.74, 6) is 1.17. The molecular weight excluding hydrogens is 314 g/mol. The van der Waals surface area contributed by atoms with Gasteiger partial charge in [-0.05, 0) is 30.3 Å². The summed E-state index contributed by atoms with van der Waals surface area (Å²) in [5.41, 5.74) is 0.972. The summed E-state index contributed by atoms with van der Waals surface area (Å²) < 4.78 is 10.6. The van der Waals surface area contributed by atoms with Crippen molar-refractivity contribution >= 4 is 17.0 Å². The van der Waals surface area contributed by atoms with Gasteiger partial charge in [0.05, 0.1) is 13.2 Å². The van der Waals surface area contributed by atoms with E-state index in [4.69, 9.17) is 9.47 Å². The van der Waals surface area contributed by atoms with Crippen LogP contribution in [0.2, 0.25) is 0 Å². The lowest BCUT2D eigenvalue weighted by Gasteiger charge is -2.06. The summed E-state index contributed by atoms with van der Waals surface area (Å²) in [5, 5.41) is 20.9. The standard InChI is InChI=1S/C15H15N5O2S/c1-21-10-15-20-19-14(23-15)9-16-11-4-6-12(7-5-11)22-13-3-2-8-17-18-13/h2-8,16H,9-10H2,1H3. The van der Waals surface area contributed by atoms with Crippen molar-refractivity contribution in [2.45, 2.75) is 13.2 Å². The van der Waals surface area contributed by atoms with E-state index < -0.39 is 0 Å². The van der Waals surface area contributed by atoms with E-state index in [1.54, 1.807) is 25.4 Å². The average Bonchev–Trinajstić information content (AvgIpc) is 3.03. The molecule has 2 aromatic heterocycles. The first-order chi connectivity index (χ1) is 11.3. The average molecular weight is 329 g/mol. The number of hydrogen-bond acceptors (Lipinski definition) is 8. The molecule has 0 bridgehead atoms. The Kier molecular flexibility index (Phi) is 5.07. The Morgan fingerprint density at radius 1 is 1.04 bits per heavy atom. The van der Waals surface area contributed by atoms with E-state index in [-0.39, 0.29) is 0 Å². The number of rotatable bonds is 7. The van der Waals surface area contributed by atoms with Crippen LogP contribution in [-0.2, 0) is 17.9 Å². The van der Waals surface area contributed by atoms with Gasteiger partial charge in [-0.1, -0.05) is 11.3 Å². The second-order valence-electron chi connectivity index (χ2n) is 4.56. The van der Waals surface area contributed by atoms with Gasteiger partial charge in [-0.2, -0.15) is 5.10 Å². The van der Waals surface area contributed by atoms with Crippen LogP contribution < -0.4 is 10.1 Å². The Bertz CT molecular complexity index is 733. The van der Waals surface area contributed by atoms with Gasteiger partial charge >= 0.3 is 0 Å². The van der Waals surface area contributed by atoms with Gasteiger partial charge in [0.15, 0.2) is 0 Å². The van der Waals surface area contributed by atoms with Crippen LogP contribution >= 0.6 is 11.3 Å². The highest BCUT2D eigenvalue weighted by Gasteiger charge is 2.04. The number of benzene rings is 1. The van der Waals surface area contributed by atoms with E-state index in [9.17, 15) is 0 Å². The maximum Gasteiger partial charge on any atom is 0.238 e. The lowest BCUT2D eigenvalue weighted by molar-refractivity contribution is 0.184. The zero-order valence-corrected chi connectivity index (χ0v) is 13.3. The van der Waals surface area contributed by atoms with Crippen LogP contribution in [0.5, 0.6) is 11.6 Å². The maximum atomic E-state index is 5.59. The van der Waals surface area contributed by atoms with E-state index >= 15 is 0 Å². The molecule has 1 N–H and O–H groups in total. The quantitative estimate of drug-likeness (QED) is 0.713. The molecule has 3 rings (SSSR count). The SMILES string of the molecule is COCc1nnc(CNc2ccc(Oc3cccnn3)cc2)s1. The van der Waals surface area contributed by atoms with Gasteiger partial charge in [0.1, 0.15) is 15.8 Å². The first-order valence-electron chi connectivity index (χ1n) is 6.93. The van der Waals surface area contributed by atoms with Crippen molar-refractivity contribution in [3.05, 3.63) is 52.6 Å². The first-order valence-corrected chi connectivity index (χ1v) is 7.75. The monoisotopic (exact) mass is 329 g/mol. The van der Waals surface area contributed by atoms with Crippen LogP contribution in [0.25, 0.3) is 0 Å². The molecule has 0 atom stereocenters. The van der Waals surface area contributed by atoms with Gasteiger partial charge < -0.3 is 14.8 Å². The van der Waals surface area contributed by atoms with Crippen LogP contribution in [0.3, 0.4) is 0 Å². The van der Waals surface area contributed by atoms with Gasteiger partial charge in [0.2, 0.25) is 5.88 Å². The highest BCUT2D eigenvalue weighted by molar-refractivity contribution is 7.11. The van der Waals surface area contributed by atoms with E-state index in [0.717, 1.165) is 15.7 Å². The third-order valence-corrected chi connectivity index (χ3v) is 3.74. The van der Waals surface area contributed by atoms with Crippen molar-refractivity contribution in [1.82, 2.24) is 20.4 Å². The molecule has 3 aromatic rings. The fraction of sp³-hybridized carbons (Fsp3) is 0.200. The number of anilines is 1. The topological polar surface area (TPSA) is 82.1 Å². The molecule has 2 heterocycles. The Morgan fingerprint density at radius 3 is 2.61 bits per heavy atom.